The number of piperidine rings is 1. The molecule has 0 unspecified atom stereocenters. The molecule has 8 heteroatoms. The van der Waals surface area contributed by atoms with Crippen LogP contribution in [0.25, 0.3) is 0 Å². The van der Waals surface area contributed by atoms with E-state index in [0.29, 0.717) is 19.4 Å². The highest BCUT2D eigenvalue weighted by Gasteiger charge is 2.34. The molecule has 1 aliphatic rings. The number of rotatable bonds is 7. The van der Waals surface area contributed by atoms with E-state index in [1.807, 2.05) is 32.0 Å². The monoisotopic (exact) mass is 397 g/mol. The molecular formula is C19H31N3O4S. The van der Waals surface area contributed by atoms with E-state index in [2.05, 4.69) is 5.32 Å². The molecule has 2 rings (SSSR count). The minimum Gasteiger partial charge on any atom is -0.496 e. The van der Waals surface area contributed by atoms with Crippen molar-refractivity contribution in [1.29, 1.82) is 0 Å². The van der Waals surface area contributed by atoms with Crippen molar-refractivity contribution in [3.63, 3.8) is 0 Å². The van der Waals surface area contributed by atoms with Gasteiger partial charge in [-0.15, -0.1) is 0 Å². The number of nitrogens with zero attached hydrogens (tertiary/aromatic N) is 2. The Bertz CT molecular complexity index is 764. The molecule has 1 aliphatic heterocycles. The Labute approximate surface area is 162 Å². The van der Waals surface area contributed by atoms with Crippen LogP contribution in [-0.2, 0) is 15.0 Å². The predicted molar refractivity (Wildman–Crippen MR) is 106 cm³/mol. The lowest BCUT2D eigenvalue weighted by Crippen LogP contribution is -2.49. The van der Waals surface area contributed by atoms with Crippen molar-refractivity contribution in [1.82, 2.24) is 13.9 Å². The van der Waals surface area contributed by atoms with Crippen LogP contribution in [0.15, 0.2) is 18.2 Å². The molecule has 1 aromatic carbocycles. The number of hydrogen-bond acceptors (Lipinski definition) is 4. The van der Waals surface area contributed by atoms with Crippen molar-refractivity contribution in [3.8, 4) is 5.75 Å². The van der Waals surface area contributed by atoms with Gasteiger partial charge in [0.15, 0.2) is 0 Å². The Morgan fingerprint density at radius 2 is 2.11 bits per heavy atom. The van der Waals surface area contributed by atoms with Crippen LogP contribution in [-0.4, -0.2) is 57.2 Å². The van der Waals surface area contributed by atoms with Gasteiger partial charge in [-0.25, -0.2) is 0 Å². The molecule has 0 bridgehead atoms. The van der Waals surface area contributed by atoms with E-state index in [1.54, 1.807) is 7.11 Å². The summed E-state index contributed by atoms with van der Waals surface area (Å²) in [7, 11) is 1.17. The van der Waals surface area contributed by atoms with Gasteiger partial charge in [0.05, 0.1) is 19.1 Å². The first-order chi connectivity index (χ1) is 12.7. The SMILES string of the molecule is CC[C@H](NC(=O)[C@@H]1CCCN(S(=O)(=O)N(C)C)C1)c1ccc(OC)c(C)c1. The number of hydrogen-bond donors (Lipinski definition) is 1. The maximum atomic E-state index is 12.8. The van der Waals surface area contributed by atoms with E-state index in [0.717, 1.165) is 23.3 Å². The zero-order valence-corrected chi connectivity index (χ0v) is 17.7. The minimum absolute atomic E-state index is 0.0889. The van der Waals surface area contributed by atoms with Gasteiger partial charge in [0, 0.05) is 27.2 Å². The number of carbonyl (C=O) groups excluding carboxylic acids is 1. The first-order valence-corrected chi connectivity index (χ1v) is 10.7. The molecule has 1 saturated heterocycles. The molecule has 0 spiro atoms. The molecule has 0 saturated carbocycles. The van der Waals surface area contributed by atoms with Gasteiger partial charge < -0.3 is 10.1 Å². The van der Waals surface area contributed by atoms with E-state index >= 15 is 0 Å². The van der Waals surface area contributed by atoms with E-state index in [4.69, 9.17) is 4.74 Å². The third-order valence-electron chi connectivity index (χ3n) is 5.09. The van der Waals surface area contributed by atoms with Gasteiger partial charge in [0.2, 0.25) is 5.91 Å². The number of carbonyl (C=O) groups is 1. The van der Waals surface area contributed by atoms with E-state index in [9.17, 15) is 13.2 Å². The van der Waals surface area contributed by atoms with Gasteiger partial charge in [-0.1, -0.05) is 19.1 Å². The zero-order valence-electron chi connectivity index (χ0n) is 16.9. The number of benzene rings is 1. The summed E-state index contributed by atoms with van der Waals surface area (Å²) in [5.41, 5.74) is 2.04. The summed E-state index contributed by atoms with van der Waals surface area (Å²) in [4.78, 5) is 12.8. The molecule has 0 aliphatic carbocycles. The average Bonchev–Trinajstić information content (AvgIpc) is 2.65. The number of ether oxygens (including phenoxy) is 1. The summed E-state index contributed by atoms with van der Waals surface area (Å²) in [5.74, 6) is 0.396. The first kappa shape index (κ1) is 21.7. The second kappa shape index (κ2) is 9.03. The van der Waals surface area contributed by atoms with E-state index < -0.39 is 10.2 Å². The third kappa shape index (κ3) is 5.00. The van der Waals surface area contributed by atoms with Crippen LogP contribution >= 0.6 is 0 Å². The van der Waals surface area contributed by atoms with Crippen molar-refractivity contribution in [3.05, 3.63) is 29.3 Å². The van der Waals surface area contributed by atoms with Gasteiger partial charge in [0.1, 0.15) is 5.75 Å². The summed E-state index contributed by atoms with van der Waals surface area (Å²) in [6, 6.07) is 5.79. The van der Waals surface area contributed by atoms with Crippen molar-refractivity contribution < 1.29 is 17.9 Å². The van der Waals surface area contributed by atoms with Crippen molar-refractivity contribution in [2.24, 2.45) is 5.92 Å². The molecule has 0 radical (unpaired) electrons. The minimum atomic E-state index is -3.49. The zero-order chi connectivity index (χ0) is 20.2. The van der Waals surface area contributed by atoms with Crippen LogP contribution in [0.5, 0.6) is 5.75 Å². The molecule has 1 heterocycles. The first-order valence-electron chi connectivity index (χ1n) is 9.33. The van der Waals surface area contributed by atoms with E-state index in [1.165, 1.54) is 22.7 Å². The lowest BCUT2D eigenvalue weighted by Gasteiger charge is -2.33. The highest BCUT2D eigenvalue weighted by Crippen LogP contribution is 2.26. The van der Waals surface area contributed by atoms with Crippen LogP contribution < -0.4 is 10.1 Å². The largest absolute Gasteiger partial charge is 0.496 e. The lowest BCUT2D eigenvalue weighted by molar-refractivity contribution is -0.126. The Kier molecular flexibility index (Phi) is 7.25. The molecule has 1 amide bonds. The fraction of sp³-hybridized carbons (Fsp3) is 0.632. The fourth-order valence-corrected chi connectivity index (χ4v) is 4.62. The van der Waals surface area contributed by atoms with Crippen LogP contribution in [0, 0.1) is 12.8 Å². The summed E-state index contributed by atoms with van der Waals surface area (Å²) in [6.07, 6.45) is 2.14. The summed E-state index contributed by atoms with van der Waals surface area (Å²) < 4.78 is 32.6. The highest BCUT2D eigenvalue weighted by molar-refractivity contribution is 7.86. The van der Waals surface area contributed by atoms with Gasteiger partial charge in [-0.2, -0.15) is 17.0 Å². The molecule has 1 fully saturated rings. The molecule has 152 valence electrons. The standard InChI is InChI=1S/C19H31N3O4S/c1-6-17(15-9-10-18(26-5)14(2)12-15)20-19(23)16-8-7-11-22(13-16)27(24,25)21(3)4/h9-10,12,16-17H,6-8,11,13H2,1-5H3,(H,20,23)/t16-,17+/m1/s1. The van der Waals surface area contributed by atoms with Gasteiger partial charge in [-0.05, 0) is 43.4 Å². The summed E-state index contributed by atoms with van der Waals surface area (Å²) >= 11 is 0. The Hall–Kier alpha value is -1.64. The molecule has 7 nitrogen and oxygen atoms in total. The molecule has 27 heavy (non-hydrogen) atoms. The maximum Gasteiger partial charge on any atom is 0.281 e. The maximum absolute atomic E-state index is 12.8. The van der Waals surface area contributed by atoms with Crippen LogP contribution in [0.3, 0.4) is 0 Å². The molecular weight excluding hydrogens is 366 g/mol. The second-order valence-corrected chi connectivity index (χ2v) is 9.33. The Balaban J connectivity index is 2.09. The number of methoxy groups -OCH3 is 1. The summed E-state index contributed by atoms with van der Waals surface area (Å²) in [6.45, 7) is 4.68. The number of amides is 1. The quantitative estimate of drug-likeness (QED) is 0.764. The lowest BCUT2D eigenvalue weighted by atomic mass is 9.96. The fourth-order valence-electron chi connectivity index (χ4n) is 3.43. The second-order valence-electron chi connectivity index (χ2n) is 7.19. The Morgan fingerprint density at radius 1 is 1.41 bits per heavy atom. The van der Waals surface area contributed by atoms with Crippen LogP contribution in [0.4, 0.5) is 0 Å². The van der Waals surface area contributed by atoms with Gasteiger partial charge in [0.25, 0.3) is 10.2 Å². The van der Waals surface area contributed by atoms with Crippen LogP contribution in [0.2, 0.25) is 0 Å². The number of nitrogens with one attached hydrogen (secondary N) is 1. The van der Waals surface area contributed by atoms with Gasteiger partial charge in [-0.3, -0.25) is 4.79 Å². The normalized spacial score (nSPS) is 19.7. The smallest absolute Gasteiger partial charge is 0.281 e. The van der Waals surface area contributed by atoms with E-state index in [-0.39, 0.29) is 24.4 Å². The molecule has 1 N–H and O–H groups in total. The highest BCUT2D eigenvalue weighted by atomic mass is 32.2. The third-order valence-corrected chi connectivity index (χ3v) is 7.00. The van der Waals surface area contributed by atoms with Crippen molar-refractivity contribution in [2.45, 2.75) is 39.2 Å². The molecule has 1 aromatic rings. The number of aryl methyl sites for hydroxylation is 1. The predicted octanol–water partition coefficient (Wildman–Crippen LogP) is 2.09. The topological polar surface area (TPSA) is 79.0 Å². The molecule has 0 aromatic heterocycles. The molecule has 2 atom stereocenters. The Morgan fingerprint density at radius 3 is 2.67 bits per heavy atom. The van der Waals surface area contributed by atoms with Crippen molar-refractivity contribution >= 4 is 16.1 Å². The van der Waals surface area contributed by atoms with Crippen molar-refractivity contribution in [2.75, 3.05) is 34.3 Å². The van der Waals surface area contributed by atoms with Crippen LogP contribution in [0.1, 0.15) is 43.4 Å². The summed E-state index contributed by atoms with van der Waals surface area (Å²) in [5, 5.41) is 3.10. The van der Waals surface area contributed by atoms with Gasteiger partial charge >= 0.3 is 0 Å². The average molecular weight is 398 g/mol.